The van der Waals surface area contributed by atoms with Gasteiger partial charge in [0.05, 0.1) is 0 Å². The van der Waals surface area contributed by atoms with E-state index in [4.69, 9.17) is 0 Å². The zero-order valence-corrected chi connectivity index (χ0v) is 9.53. The fraction of sp³-hybridized carbons (Fsp3) is 1.00. The van der Waals surface area contributed by atoms with Gasteiger partial charge in [-0.05, 0) is 37.5 Å². The summed E-state index contributed by atoms with van der Waals surface area (Å²) in [5, 5.41) is 3.71. The molecule has 0 atom stereocenters. The Kier molecular flexibility index (Phi) is 4.24. The standard InChI is InChI=1S/C12H25N/c1-4-7-12(8-9-12)10-13-11(5-2)6-3/h11,13H,4-10H2,1-3H3. The normalized spacial score (nSPS) is 19.4. The number of rotatable bonds is 7. The number of hydrogen-bond acceptors (Lipinski definition) is 1. The van der Waals surface area contributed by atoms with Crippen molar-refractivity contribution in [3.63, 3.8) is 0 Å². The molecule has 0 radical (unpaired) electrons. The smallest absolute Gasteiger partial charge is 0.00620 e. The summed E-state index contributed by atoms with van der Waals surface area (Å²) in [5.74, 6) is 0. The predicted molar refractivity (Wildman–Crippen MR) is 58.9 cm³/mol. The van der Waals surface area contributed by atoms with Gasteiger partial charge in [0, 0.05) is 12.6 Å². The molecule has 0 aromatic rings. The van der Waals surface area contributed by atoms with Crippen LogP contribution < -0.4 is 5.32 Å². The van der Waals surface area contributed by atoms with Gasteiger partial charge in [-0.15, -0.1) is 0 Å². The van der Waals surface area contributed by atoms with E-state index in [1.54, 1.807) is 0 Å². The lowest BCUT2D eigenvalue weighted by Crippen LogP contribution is -2.33. The maximum atomic E-state index is 3.71. The lowest BCUT2D eigenvalue weighted by Gasteiger charge is -2.20. The Labute approximate surface area is 83.3 Å². The van der Waals surface area contributed by atoms with E-state index in [9.17, 15) is 0 Å². The second-order valence-electron chi connectivity index (χ2n) is 4.64. The van der Waals surface area contributed by atoms with Crippen LogP contribution in [0.2, 0.25) is 0 Å². The highest BCUT2D eigenvalue weighted by atomic mass is 14.9. The SMILES string of the molecule is CCCC1(CNC(CC)CC)CC1. The van der Waals surface area contributed by atoms with Crippen molar-refractivity contribution in [2.75, 3.05) is 6.54 Å². The first-order chi connectivity index (χ1) is 6.26. The molecule has 1 saturated carbocycles. The largest absolute Gasteiger partial charge is 0.313 e. The molecule has 0 aromatic heterocycles. The Balaban J connectivity index is 2.17. The highest BCUT2D eigenvalue weighted by Crippen LogP contribution is 2.49. The first-order valence-corrected chi connectivity index (χ1v) is 5.99. The third-order valence-electron chi connectivity index (χ3n) is 3.49. The zero-order chi connectivity index (χ0) is 9.73. The number of nitrogens with one attached hydrogen (secondary N) is 1. The van der Waals surface area contributed by atoms with Crippen LogP contribution in [0.4, 0.5) is 0 Å². The first-order valence-electron chi connectivity index (χ1n) is 5.99. The van der Waals surface area contributed by atoms with Gasteiger partial charge in [0.15, 0.2) is 0 Å². The third-order valence-corrected chi connectivity index (χ3v) is 3.49. The average molecular weight is 183 g/mol. The summed E-state index contributed by atoms with van der Waals surface area (Å²) in [6, 6.07) is 0.759. The van der Waals surface area contributed by atoms with E-state index in [0.717, 1.165) is 11.5 Å². The molecule has 1 aliphatic rings. The minimum atomic E-state index is 0.720. The molecule has 1 fully saturated rings. The minimum Gasteiger partial charge on any atom is -0.313 e. The Bertz CT molecular complexity index is 134. The summed E-state index contributed by atoms with van der Waals surface area (Å²) in [7, 11) is 0. The van der Waals surface area contributed by atoms with Gasteiger partial charge in [-0.25, -0.2) is 0 Å². The maximum Gasteiger partial charge on any atom is 0.00620 e. The van der Waals surface area contributed by atoms with Crippen LogP contribution in [-0.4, -0.2) is 12.6 Å². The first kappa shape index (κ1) is 11.0. The van der Waals surface area contributed by atoms with Gasteiger partial charge in [-0.2, -0.15) is 0 Å². The highest BCUT2D eigenvalue weighted by molar-refractivity contribution is 4.94. The maximum absolute atomic E-state index is 3.71. The van der Waals surface area contributed by atoms with Crippen LogP contribution in [-0.2, 0) is 0 Å². The molecule has 0 bridgehead atoms. The van der Waals surface area contributed by atoms with E-state index in [-0.39, 0.29) is 0 Å². The Hall–Kier alpha value is -0.0400. The molecule has 1 N–H and O–H groups in total. The molecule has 0 unspecified atom stereocenters. The summed E-state index contributed by atoms with van der Waals surface area (Å²) in [5.41, 5.74) is 0.720. The van der Waals surface area contributed by atoms with Gasteiger partial charge in [-0.1, -0.05) is 27.2 Å². The quantitative estimate of drug-likeness (QED) is 0.638. The van der Waals surface area contributed by atoms with E-state index in [0.29, 0.717) is 0 Å². The van der Waals surface area contributed by atoms with Crippen LogP contribution in [0.1, 0.15) is 59.3 Å². The van der Waals surface area contributed by atoms with Crippen molar-refractivity contribution in [3.05, 3.63) is 0 Å². The lowest BCUT2D eigenvalue weighted by atomic mass is 10.00. The molecule has 1 nitrogen and oxygen atoms in total. The van der Waals surface area contributed by atoms with Crippen LogP contribution in [0.25, 0.3) is 0 Å². The van der Waals surface area contributed by atoms with Gasteiger partial charge in [0.1, 0.15) is 0 Å². The molecular formula is C12H25N. The highest BCUT2D eigenvalue weighted by Gasteiger charge is 2.41. The summed E-state index contributed by atoms with van der Waals surface area (Å²) in [6.07, 6.45) is 8.27. The molecule has 0 aliphatic heterocycles. The van der Waals surface area contributed by atoms with E-state index in [1.807, 2.05) is 0 Å². The van der Waals surface area contributed by atoms with E-state index < -0.39 is 0 Å². The Morgan fingerprint density at radius 1 is 1.15 bits per heavy atom. The lowest BCUT2D eigenvalue weighted by molar-refractivity contribution is 0.375. The van der Waals surface area contributed by atoms with Crippen molar-refractivity contribution in [2.45, 2.75) is 65.3 Å². The van der Waals surface area contributed by atoms with Gasteiger partial charge in [-0.3, -0.25) is 0 Å². The van der Waals surface area contributed by atoms with Crippen LogP contribution in [0.5, 0.6) is 0 Å². The average Bonchev–Trinajstić information content (AvgIpc) is 2.88. The fourth-order valence-corrected chi connectivity index (χ4v) is 2.16. The molecule has 0 aromatic carbocycles. The Morgan fingerprint density at radius 2 is 1.77 bits per heavy atom. The summed E-state index contributed by atoms with van der Waals surface area (Å²) in [6.45, 7) is 8.13. The van der Waals surface area contributed by atoms with Crippen LogP contribution in [0.15, 0.2) is 0 Å². The monoisotopic (exact) mass is 183 g/mol. The molecule has 78 valence electrons. The molecule has 0 saturated heterocycles. The Morgan fingerprint density at radius 3 is 2.15 bits per heavy atom. The third kappa shape index (κ3) is 3.30. The molecule has 1 rings (SSSR count). The van der Waals surface area contributed by atoms with Crippen LogP contribution in [0, 0.1) is 5.41 Å². The van der Waals surface area contributed by atoms with Gasteiger partial charge < -0.3 is 5.32 Å². The van der Waals surface area contributed by atoms with Crippen molar-refractivity contribution in [2.24, 2.45) is 5.41 Å². The van der Waals surface area contributed by atoms with Crippen molar-refractivity contribution < 1.29 is 0 Å². The topological polar surface area (TPSA) is 12.0 Å². The second-order valence-corrected chi connectivity index (χ2v) is 4.64. The van der Waals surface area contributed by atoms with E-state index in [1.165, 1.54) is 45.1 Å². The van der Waals surface area contributed by atoms with Crippen LogP contribution >= 0.6 is 0 Å². The molecule has 0 spiro atoms. The van der Waals surface area contributed by atoms with Gasteiger partial charge in [0.25, 0.3) is 0 Å². The van der Waals surface area contributed by atoms with Crippen molar-refractivity contribution >= 4 is 0 Å². The van der Waals surface area contributed by atoms with Crippen molar-refractivity contribution in [1.82, 2.24) is 5.32 Å². The summed E-state index contributed by atoms with van der Waals surface area (Å²) in [4.78, 5) is 0. The summed E-state index contributed by atoms with van der Waals surface area (Å²) < 4.78 is 0. The van der Waals surface area contributed by atoms with Gasteiger partial charge in [0.2, 0.25) is 0 Å². The minimum absolute atomic E-state index is 0.720. The van der Waals surface area contributed by atoms with E-state index in [2.05, 4.69) is 26.1 Å². The zero-order valence-electron chi connectivity index (χ0n) is 9.53. The fourth-order valence-electron chi connectivity index (χ4n) is 2.16. The van der Waals surface area contributed by atoms with Crippen LogP contribution in [0.3, 0.4) is 0 Å². The molecule has 0 heterocycles. The number of hydrogen-bond donors (Lipinski definition) is 1. The molecule has 1 heteroatoms. The molecule has 1 aliphatic carbocycles. The summed E-state index contributed by atoms with van der Waals surface area (Å²) >= 11 is 0. The van der Waals surface area contributed by atoms with Crippen molar-refractivity contribution in [1.29, 1.82) is 0 Å². The molecule has 0 amide bonds. The molecular weight excluding hydrogens is 158 g/mol. The van der Waals surface area contributed by atoms with Gasteiger partial charge >= 0.3 is 0 Å². The second kappa shape index (κ2) is 4.99. The predicted octanol–water partition coefficient (Wildman–Crippen LogP) is 3.34. The molecule has 13 heavy (non-hydrogen) atoms. The van der Waals surface area contributed by atoms with Crippen molar-refractivity contribution in [3.8, 4) is 0 Å². The van der Waals surface area contributed by atoms with E-state index >= 15 is 0 Å².